The average molecular weight is 417 g/mol. The Kier molecular flexibility index (Phi) is 7.22. The maximum Gasteiger partial charge on any atom is 0.416 e. The molecular formula is C19H22F3NO4S. The SMILES string of the molecule is Cc1cc(C(F)(F)F)ccc1COC1CNC1.Cc1ccc(S(=O)(=O)O)cc1. The number of alkyl halides is 3. The number of rotatable bonds is 4. The number of nitrogens with one attached hydrogen (secondary N) is 1. The molecule has 0 atom stereocenters. The van der Waals surface area contributed by atoms with Crippen molar-refractivity contribution in [1.82, 2.24) is 5.32 Å². The quantitative estimate of drug-likeness (QED) is 0.742. The fourth-order valence-corrected chi connectivity index (χ4v) is 2.81. The smallest absolute Gasteiger partial charge is 0.371 e. The second-order valence-corrected chi connectivity index (χ2v) is 7.94. The van der Waals surface area contributed by atoms with Crippen LogP contribution >= 0.6 is 0 Å². The van der Waals surface area contributed by atoms with Gasteiger partial charge in [0.1, 0.15) is 0 Å². The van der Waals surface area contributed by atoms with Crippen LogP contribution in [0, 0.1) is 13.8 Å². The molecule has 0 spiro atoms. The summed E-state index contributed by atoms with van der Waals surface area (Å²) in [6.07, 6.45) is -4.08. The van der Waals surface area contributed by atoms with Crippen molar-refractivity contribution < 1.29 is 30.9 Å². The molecule has 0 saturated carbocycles. The van der Waals surface area contributed by atoms with Crippen LogP contribution in [0.3, 0.4) is 0 Å². The van der Waals surface area contributed by atoms with Gasteiger partial charge >= 0.3 is 6.18 Å². The number of aryl methyl sites for hydroxylation is 2. The summed E-state index contributed by atoms with van der Waals surface area (Å²) in [6.45, 7) is 5.52. The number of hydrogen-bond acceptors (Lipinski definition) is 4. The lowest BCUT2D eigenvalue weighted by molar-refractivity contribution is -0.137. The van der Waals surface area contributed by atoms with Crippen molar-refractivity contribution in [2.45, 2.75) is 37.6 Å². The van der Waals surface area contributed by atoms with Crippen LogP contribution in [0.5, 0.6) is 0 Å². The maximum absolute atomic E-state index is 12.4. The van der Waals surface area contributed by atoms with E-state index in [0.29, 0.717) is 12.2 Å². The van der Waals surface area contributed by atoms with Crippen LogP contribution in [-0.4, -0.2) is 32.2 Å². The summed E-state index contributed by atoms with van der Waals surface area (Å²) in [5, 5.41) is 3.07. The fraction of sp³-hybridized carbons (Fsp3) is 0.368. The lowest BCUT2D eigenvalue weighted by atomic mass is 10.1. The molecule has 0 radical (unpaired) electrons. The van der Waals surface area contributed by atoms with Gasteiger partial charge in [0.05, 0.1) is 23.2 Å². The van der Waals surface area contributed by atoms with Gasteiger partial charge in [-0.3, -0.25) is 4.55 Å². The number of halogens is 3. The van der Waals surface area contributed by atoms with E-state index in [0.717, 1.165) is 36.3 Å². The molecule has 2 N–H and O–H groups in total. The Balaban J connectivity index is 0.000000221. The van der Waals surface area contributed by atoms with Crippen LogP contribution in [0.25, 0.3) is 0 Å². The standard InChI is InChI=1S/C12H14F3NO.C7H8O3S/c1-8-4-10(12(13,14)15)3-2-9(8)7-17-11-5-16-6-11;1-6-2-4-7(5-3-6)11(8,9)10/h2-4,11,16H,5-7H2,1H3;2-5H,1H3,(H,8,9,10). The molecule has 1 saturated heterocycles. The molecule has 2 aromatic carbocycles. The molecule has 0 unspecified atom stereocenters. The van der Waals surface area contributed by atoms with Gasteiger partial charge in [-0.2, -0.15) is 21.6 Å². The molecule has 5 nitrogen and oxygen atoms in total. The molecule has 154 valence electrons. The first kappa shape index (κ1) is 22.4. The fourth-order valence-electron chi connectivity index (χ4n) is 2.33. The molecule has 9 heteroatoms. The summed E-state index contributed by atoms with van der Waals surface area (Å²) in [5.41, 5.74) is 1.78. The Morgan fingerprint density at radius 2 is 1.71 bits per heavy atom. The van der Waals surface area contributed by atoms with E-state index in [2.05, 4.69) is 5.32 Å². The van der Waals surface area contributed by atoms with Gasteiger partial charge in [0.2, 0.25) is 0 Å². The lowest BCUT2D eigenvalue weighted by Crippen LogP contribution is -2.48. The highest BCUT2D eigenvalue weighted by Gasteiger charge is 2.30. The molecule has 1 aliphatic rings. The Morgan fingerprint density at radius 3 is 2.14 bits per heavy atom. The van der Waals surface area contributed by atoms with Crippen LogP contribution < -0.4 is 5.32 Å². The highest BCUT2D eigenvalue weighted by Crippen LogP contribution is 2.30. The highest BCUT2D eigenvalue weighted by atomic mass is 32.2. The van der Waals surface area contributed by atoms with Gasteiger partial charge in [-0.05, 0) is 49.2 Å². The third-order valence-corrected chi connectivity index (χ3v) is 5.08. The van der Waals surface area contributed by atoms with Crippen molar-refractivity contribution in [3.63, 3.8) is 0 Å². The summed E-state index contributed by atoms with van der Waals surface area (Å²) in [7, 11) is -4.02. The van der Waals surface area contributed by atoms with Crippen LogP contribution in [-0.2, 0) is 27.6 Å². The van der Waals surface area contributed by atoms with Gasteiger partial charge in [0.25, 0.3) is 10.1 Å². The average Bonchev–Trinajstić information content (AvgIpc) is 2.54. The minimum Gasteiger partial charge on any atom is -0.371 e. The van der Waals surface area contributed by atoms with E-state index >= 15 is 0 Å². The molecule has 2 aromatic rings. The molecule has 1 aliphatic heterocycles. The van der Waals surface area contributed by atoms with E-state index in [9.17, 15) is 21.6 Å². The van der Waals surface area contributed by atoms with Crippen molar-refractivity contribution in [3.05, 3.63) is 64.7 Å². The van der Waals surface area contributed by atoms with E-state index < -0.39 is 21.9 Å². The third kappa shape index (κ3) is 6.59. The van der Waals surface area contributed by atoms with Gasteiger partial charge < -0.3 is 10.1 Å². The minimum atomic E-state index is -4.28. The van der Waals surface area contributed by atoms with Gasteiger partial charge in [-0.25, -0.2) is 0 Å². The van der Waals surface area contributed by atoms with Crippen LogP contribution in [0.4, 0.5) is 13.2 Å². The summed E-state index contributed by atoms with van der Waals surface area (Å²) >= 11 is 0. The van der Waals surface area contributed by atoms with E-state index in [1.165, 1.54) is 18.2 Å². The van der Waals surface area contributed by atoms with Crippen molar-refractivity contribution in [2.24, 2.45) is 0 Å². The second kappa shape index (κ2) is 9.04. The third-order valence-electron chi connectivity index (χ3n) is 4.21. The Morgan fingerprint density at radius 1 is 1.11 bits per heavy atom. The Hall–Kier alpha value is -1.94. The van der Waals surface area contributed by atoms with Crippen LogP contribution in [0.15, 0.2) is 47.4 Å². The number of ether oxygens (including phenoxy) is 1. The first-order valence-electron chi connectivity index (χ1n) is 8.50. The van der Waals surface area contributed by atoms with Crippen molar-refractivity contribution in [1.29, 1.82) is 0 Å². The second-order valence-electron chi connectivity index (χ2n) is 6.52. The molecular weight excluding hydrogens is 395 g/mol. The van der Waals surface area contributed by atoms with Crippen molar-refractivity contribution >= 4 is 10.1 Å². The monoisotopic (exact) mass is 417 g/mol. The van der Waals surface area contributed by atoms with E-state index in [4.69, 9.17) is 9.29 Å². The van der Waals surface area contributed by atoms with E-state index in [-0.39, 0.29) is 11.0 Å². The van der Waals surface area contributed by atoms with Crippen LogP contribution in [0.2, 0.25) is 0 Å². The molecule has 0 amide bonds. The topological polar surface area (TPSA) is 75.6 Å². The molecule has 1 heterocycles. The molecule has 0 aromatic heterocycles. The maximum atomic E-state index is 12.4. The summed E-state index contributed by atoms with van der Waals surface area (Å²) < 4.78 is 72.4. The highest BCUT2D eigenvalue weighted by molar-refractivity contribution is 7.85. The summed E-state index contributed by atoms with van der Waals surface area (Å²) in [5.74, 6) is 0. The molecule has 28 heavy (non-hydrogen) atoms. The first-order chi connectivity index (χ1) is 13.0. The number of hydrogen-bond donors (Lipinski definition) is 2. The number of benzene rings is 2. The lowest BCUT2D eigenvalue weighted by Gasteiger charge is -2.27. The van der Waals surface area contributed by atoms with Crippen molar-refractivity contribution in [2.75, 3.05) is 13.1 Å². The van der Waals surface area contributed by atoms with Gasteiger partial charge in [0, 0.05) is 13.1 Å². The minimum absolute atomic E-state index is 0.0666. The van der Waals surface area contributed by atoms with Crippen molar-refractivity contribution in [3.8, 4) is 0 Å². The van der Waals surface area contributed by atoms with Gasteiger partial charge in [-0.15, -0.1) is 0 Å². The zero-order valence-corrected chi connectivity index (χ0v) is 16.3. The van der Waals surface area contributed by atoms with Crippen LogP contribution in [0.1, 0.15) is 22.3 Å². The molecule has 3 rings (SSSR count). The summed E-state index contributed by atoms with van der Waals surface area (Å²) in [6, 6.07) is 9.74. The zero-order valence-electron chi connectivity index (χ0n) is 15.5. The summed E-state index contributed by atoms with van der Waals surface area (Å²) in [4.78, 5) is -0.0666. The Bertz CT molecular complexity index is 892. The normalized spacial score (nSPS) is 14.8. The largest absolute Gasteiger partial charge is 0.416 e. The van der Waals surface area contributed by atoms with Gasteiger partial charge in [-0.1, -0.05) is 23.8 Å². The molecule has 0 aliphatic carbocycles. The molecule has 0 bridgehead atoms. The Labute approximate surface area is 162 Å². The predicted molar refractivity (Wildman–Crippen MR) is 98.6 cm³/mol. The molecule has 1 fully saturated rings. The van der Waals surface area contributed by atoms with Gasteiger partial charge in [0.15, 0.2) is 0 Å². The van der Waals surface area contributed by atoms with E-state index in [1.807, 2.05) is 6.92 Å². The predicted octanol–water partition coefficient (Wildman–Crippen LogP) is 3.74. The first-order valence-corrected chi connectivity index (χ1v) is 9.94. The van der Waals surface area contributed by atoms with E-state index in [1.54, 1.807) is 19.1 Å². The zero-order chi connectivity index (χ0) is 20.9.